The summed E-state index contributed by atoms with van der Waals surface area (Å²) < 4.78 is 0. The minimum atomic E-state index is 0.674. The van der Waals surface area contributed by atoms with Gasteiger partial charge in [0.15, 0.2) is 0 Å². The highest BCUT2D eigenvalue weighted by molar-refractivity contribution is 5.50. The summed E-state index contributed by atoms with van der Waals surface area (Å²) in [6.07, 6.45) is 6.94. The Labute approximate surface area is 100 Å². The fourth-order valence-electron chi connectivity index (χ4n) is 1.58. The van der Waals surface area contributed by atoms with Gasteiger partial charge in [-0.05, 0) is 29.4 Å². The van der Waals surface area contributed by atoms with Crippen molar-refractivity contribution in [3.05, 3.63) is 41.5 Å². The molecule has 0 saturated carbocycles. The first-order valence-corrected chi connectivity index (χ1v) is 6.45. The maximum Gasteiger partial charge on any atom is -0.0193 e. The summed E-state index contributed by atoms with van der Waals surface area (Å²) in [5, 5.41) is 0. The van der Waals surface area contributed by atoms with Gasteiger partial charge < -0.3 is 0 Å². The Balaban J connectivity index is 2.68. The van der Waals surface area contributed by atoms with E-state index in [0.717, 1.165) is 0 Å². The smallest absolute Gasteiger partial charge is 0.0193 e. The summed E-state index contributed by atoms with van der Waals surface area (Å²) in [5.41, 5.74) is 2.76. The second-order valence-corrected chi connectivity index (χ2v) is 4.72. The predicted molar refractivity (Wildman–Crippen MR) is 73.6 cm³/mol. The van der Waals surface area contributed by atoms with Crippen LogP contribution in [-0.4, -0.2) is 0 Å². The van der Waals surface area contributed by atoms with Crippen LogP contribution in [0.4, 0.5) is 0 Å². The third kappa shape index (κ3) is 3.84. The van der Waals surface area contributed by atoms with Crippen LogP contribution >= 0.6 is 0 Å². The van der Waals surface area contributed by atoms with Crippen LogP contribution in [0.5, 0.6) is 0 Å². The molecule has 0 bridgehead atoms. The lowest BCUT2D eigenvalue weighted by Crippen LogP contribution is -1.90. The Morgan fingerprint density at radius 1 is 1.00 bits per heavy atom. The van der Waals surface area contributed by atoms with Crippen LogP contribution in [0.25, 0.3) is 6.08 Å². The van der Waals surface area contributed by atoms with E-state index in [9.17, 15) is 0 Å². The second kappa shape index (κ2) is 6.52. The van der Waals surface area contributed by atoms with Crippen molar-refractivity contribution in [2.75, 3.05) is 0 Å². The molecule has 2 atom stereocenters. The average molecular weight is 216 g/mol. The molecule has 0 radical (unpaired) electrons. The van der Waals surface area contributed by atoms with Gasteiger partial charge in [0, 0.05) is 0 Å². The molecule has 2 unspecified atom stereocenters. The first-order valence-electron chi connectivity index (χ1n) is 6.45. The van der Waals surface area contributed by atoms with E-state index in [-0.39, 0.29) is 0 Å². The van der Waals surface area contributed by atoms with Gasteiger partial charge in [-0.1, -0.05) is 70.5 Å². The Kier molecular flexibility index (Phi) is 5.31. The molecule has 0 nitrogen and oxygen atoms in total. The van der Waals surface area contributed by atoms with Crippen LogP contribution in [0.2, 0.25) is 0 Å². The van der Waals surface area contributed by atoms with Crippen molar-refractivity contribution in [2.45, 2.75) is 46.5 Å². The summed E-state index contributed by atoms with van der Waals surface area (Å²) in [4.78, 5) is 0. The molecule has 1 aromatic carbocycles. The lowest BCUT2D eigenvalue weighted by atomic mass is 9.97. The van der Waals surface area contributed by atoms with E-state index in [2.05, 4.69) is 64.1 Å². The Morgan fingerprint density at radius 2 is 1.62 bits per heavy atom. The highest BCUT2D eigenvalue weighted by Gasteiger charge is 2.01. The summed E-state index contributed by atoms with van der Waals surface area (Å²) in [6, 6.07) is 8.95. The molecule has 88 valence electrons. The zero-order valence-corrected chi connectivity index (χ0v) is 11.0. The van der Waals surface area contributed by atoms with Crippen LogP contribution in [0.3, 0.4) is 0 Å². The van der Waals surface area contributed by atoms with Gasteiger partial charge in [-0.15, -0.1) is 0 Å². The van der Waals surface area contributed by atoms with Crippen molar-refractivity contribution in [1.82, 2.24) is 0 Å². The largest absolute Gasteiger partial charge is 0.0811 e. The molecule has 0 aromatic heterocycles. The van der Waals surface area contributed by atoms with Crippen LogP contribution in [-0.2, 0) is 0 Å². The van der Waals surface area contributed by atoms with Gasteiger partial charge in [-0.2, -0.15) is 0 Å². The van der Waals surface area contributed by atoms with Crippen molar-refractivity contribution < 1.29 is 0 Å². The highest BCUT2D eigenvalue weighted by Crippen LogP contribution is 2.19. The first kappa shape index (κ1) is 13.0. The van der Waals surface area contributed by atoms with Crippen molar-refractivity contribution in [3.63, 3.8) is 0 Å². The molecular weight excluding hydrogens is 192 g/mol. The molecular formula is C16H24. The molecule has 0 N–H and O–H groups in total. The maximum absolute atomic E-state index is 2.29. The molecule has 0 heterocycles. The zero-order chi connectivity index (χ0) is 12.0. The van der Waals surface area contributed by atoms with Gasteiger partial charge >= 0.3 is 0 Å². The van der Waals surface area contributed by atoms with Gasteiger partial charge in [0.1, 0.15) is 0 Å². The monoisotopic (exact) mass is 216 g/mol. The minimum absolute atomic E-state index is 0.674. The number of rotatable bonds is 5. The molecule has 0 fully saturated rings. The average Bonchev–Trinajstić information content (AvgIpc) is 2.35. The van der Waals surface area contributed by atoms with Crippen LogP contribution in [0, 0.1) is 5.92 Å². The van der Waals surface area contributed by atoms with E-state index in [1.807, 2.05) is 0 Å². The summed E-state index contributed by atoms with van der Waals surface area (Å²) in [7, 11) is 0. The highest BCUT2D eigenvalue weighted by atomic mass is 14.1. The summed E-state index contributed by atoms with van der Waals surface area (Å²) in [5.74, 6) is 1.35. The standard InChI is InChI=1S/C16H24/c1-5-13(3)7-8-15-9-11-16(12-10-15)14(4)6-2/h7-14H,5-6H2,1-4H3/b8-7+. The van der Waals surface area contributed by atoms with Crippen molar-refractivity contribution in [1.29, 1.82) is 0 Å². The number of benzene rings is 1. The van der Waals surface area contributed by atoms with Gasteiger partial charge in [-0.3, -0.25) is 0 Å². The van der Waals surface area contributed by atoms with Crippen LogP contribution in [0.1, 0.15) is 57.6 Å². The van der Waals surface area contributed by atoms with Gasteiger partial charge in [0.05, 0.1) is 0 Å². The van der Waals surface area contributed by atoms with Crippen molar-refractivity contribution in [3.8, 4) is 0 Å². The lowest BCUT2D eigenvalue weighted by Gasteiger charge is -2.08. The van der Waals surface area contributed by atoms with E-state index in [0.29, 0.717) is 11.8 Å². The first-order chi connectivity index (χ1) is 7.67. The van der Waals surface area contributed by atoms with E-state index < -0.39 is 0 Å². The number of hydrogen-bond donors (Lipinski definition) is 0. The normalized spacial score (nSPS) is 15.2. The molecule has 0 aliphatic heterocycles. The van der Waals surface area contributed by atoms with Crippen LogP contribution < -0.4 is 0 Å². The van der Waals surface area contributed by atoms with Crippen molar-refractivity contribution in [2.24, 2.45) is 5.92 Å². The molecule has 1 aromatic rings. The molecule has 0 aliphatic carbocycles. The molecule has 0 aliphatic rings. The SMILES string of the molecule is CCC(C)/C=C/c1ccc(C(C)CC)cc1. The lowest BCUT2D eigenvalue weighted by molar-refractivity contribution is 0.701. The molecule has 0 spiro atoms. The summed E-state index contributed by atoms with van der Waals surface area (Å²) >= 11 is 0. The fourth-order valence-corrected chi connectivity index (χ4v) is 1.58. The van der Waals surface area contributed by atoms with Gasteiger partial charge in [0.25, 0.3) is 0 Å². The Morgan fingerprint density at radius 3 is 2.12 bits per heavy atom. The third-order valence-corrected chi connectivity index (χ3v) is 3.38. The van der Waals surface area contributed by atoms with E-state index >= 15 is 0 Å². The molecule has 16 heavy (non-hydrogen) atoms. The predicted octanol–water partition coefficient (Wildman–Crippen LogP) is 5.26. The zero-order valence-electron chi connectivity index (χ0n) is 11.0. The van der Waals surface area contributed by atoms with E-state index in [1.54, 1.807) is 0 Å². The topological polar surface area (TPSA) is 0 Å². The third-order valence-electron chi connectivity index (χ3n) is 3.38. The van der Waals surface area contributed by atoms with Gasteiger partial charge in [-0.25, -0.2) is 0 Å². The van der Waals surface area contributed by atoms with Crippen molar-refractivity contribution >= 4 is 6.08 Å². The van der Waals surface area contributed by atoms with E-state index in [4.69, 9.17) is 0 Å². The number of hydrogen-bond acceptors (Lipinski definition) is 0. The number of allylic oxidation sites excluding steroid dienone is 1. The Hall–Kier alpha value is -1.04. The second-order valence-electron chi connectivity index (χ2n) is 4.72. The van der Waals surface area contributed by atoms with Crippen LogP contribution in [0.15, 0.2) is 30.3 Å². The Bertz CT molecular complexity index is 318. The minimum Gasteiger partial charge on any atom is -0.0811 e. The maximum atomic E-state index is 2.29. The quantitative estimate of drug-likeness (QED) is 0.630. The molecule has 0 heteroatoms. The summed E-state index contributed by atoms with van der Waals surface area (Å²) in [6.45, 7) is 9.00. The molecule has 0 amide bonds. The van der Waals surface area contributed by atoms with Gasteiger partial charge in [0.2, 0.25) is 0 Å². The fraction of sp³-hybridized carbons (Fsp3) is 0.500. The molecule has 0 saturated heterocycles. The van der Waals surface area contributed by atoms with E-state index in [1.165, 1.54) is 24.0 Å². The molecule has 1 rings (SSSR count).